The average Bonchev–Trinajstić information content (AvgIpc) is 1.98. The maximum atomic E-state index is 6.03. The van der Waals surface area contributed by atoms with Crippen molar-refractivity contribution in [1.29, 1.82) is 0 Å². The van der Waals surface area contributed by atoms with E-state index >= 15 is 0 Å². The van der Waals surface area contributed by atoms with E-state index in [9.17, 15) is 0 Å². The zero-order valence-corrected chi connectivity index (χ0v) is 10.8. The Balaban J connectivity index is 4.14. The lowest BCUT2D eigenvalue weighted by molar-refractivity contribution is 0.193. The van der Waals surface area contributed by atoms with Gasteiger partial charge in [-0.3, -0.25) is 0 Å². The smallest absolute Gasteiger partial charge is 0.0279 e. The molecule has 1 unspecified atom stereocenters. The molecule has 0 radical (unpaired) electrons. The summed E-state index contributed by atoms with van der Waals surface area (Å²) in [7, 11) is 0. The van der Waals surface area contributed by atoms with E-state index in [1.54, 1.807) is 0 Å². The monoisotopic (exact) mass is 204 g/mol. The van der Waals surface area contributed by atoms with Crippen LogP contribution < -0.4 is 0 Å². The highest BCUT2D eigenvalue weighted by atomic mass is 35.5. The first-order chi connectivity index (χ1) is 5.71. The SMILES string of the molecule is CC(C)C(C)(CCl)CCC(C)(C)C. The van der Waals surface area contributed by atoms with Crippen LogP contribution in [0, 0.1) is 16.7 Å². The molecule has 0 spiro atoms. The molecule has 0 aliphatic heterocycles. The van der Waals surface area contributed by atoms with Crippen molar-refractivity contribution in [3.63, 3.8) is 0 Å². The van der Waals surface area contributed by atoms with Crippen molar-refractivity contribution in [3.8, 4) is 0 Å². The van der Waals surface area contributed by atoms with Crippen molar-refractivity contribution in [2.45, 2.75) is 54.4 Å². The summed E-state index contributed by atoms with van der Waals surface area (Å²) in [4.78, 5) is 0. The highest BCUT2D eigenvalue weighted by Gasteiger charge is 2.28. The van der Waals surface area contributed by atoms with Crippen LogP contribution in [0.3, 0.4) is 0 Å². The third-order valence-electron chi connectivity index (χ3n) is 3.15. The van der Waals surface area contributed by atoms with Crippen molar-refractivity contribution in [3.05, 3.63) is 0 Å². The molecule has 0 rings (SSSR count). The fourth-order valence-corrected chi connectivity index (χ4v) is 1.61. The Morgan fingerprint density at radius 1 is 1.00 bits per heavy atom. The Bertz CT molecular complexity index is 144. The molecule has 0 aromatic heterocycles. The number of rotatable bonds is 4. The Kier molecular flexibility index (Phi) is 4.79. The fraction of sp³-hybridized carbons (Fsp3) is 1.00. The minimum Gasteiger partial charge on any atom is -0.126 e. The molecule has 0 N–H and O–H groups in total. The second-order valence-corrected chi connectivity index (χ2v) is 6.27. The summed E-state index contributed by atoms with van der Waals surface area (Å²) in [5.74, 6) is 1.45. The summed E-state index contributed by atoms with van der Waals surface area (Å²) in [6, 6.07) is 0. The van der Waals surface area contributed by atoms with E-state index in [0.29, 0.717) is 16.7 Å². The lowest BCUT2D eigenvalue weighted by Gasteiger charge is -2.34. The van der Waals surface area contributed by atoms with Crippen LogP contribution in [0.5, 0.6) is 0 Å². The second kappa shape index (κ2) is 4.68. The highest BCUT2D eigenvalue weighted by molar-refractivity contribution is 6.18. The van der Waals surface area contributed by atoms with E-state index in [0.717, 1.165) is 5.88 Å². The standard InChI is InChI=1S/C12H25Cl/c1-10(2)12(6,9-13)8-7-11(3,4)5/h10H,7-9H2,1-6H3. The molecule has 1 heteroatoms. The van der Waals surface area contributed by atoms with Crippen LogP contribution in [0.2, 0.25) is 0 Å². The van der Waals surface area contributed by atoms with Gasteiger partial charge < -0.3 is 0 Å². The molecule has 0 aromatic carbocycles. The molecule has 13 heavy (non-hydrogen) atoms. The molecule has 0 aromatic rings. The fourth-order valence-electron chi connectivity index (χ4n) is 1.17. The molecule has 1 atom stereocenters. The lowest BCUT2D eigenvalue weighted by atomic mass is 9.73. The molecular weight excluding hydrogens is 180 g/mol. The third-order valence-corrected chi connectivity index (χ3v) is 3.76. The van der Waals surface area contributed by atoms with E-state index in [1.807, 2.05) is 0 Å². The van der Waals surface area contributed by atoms with Crippen LogP contribution in [0.25, 0.3) is 0 Å². The van der Waals surface area contributed by atoms with E-state index in [-0.39, 0.29) is 0 Å². The average molecular weight is 205 g/mol. The van der Waals surface area contributed by atoms with E-state index < -0.39 is 0 Å². The third kappa shape index (κ3) is 4.90. The van der Waals surface area contributed by atoms with Crippen LogP contribution in [0.4, 0.5) is 0 Å². The van der Waals surface area contributed by atoms with Gasteiger partial charge in [-0.15, -0.1) is 11.6 Å². The van der Waals surface area contributed by atoms with Crippen LogP contribution in [0.15, 0.2) is 0 Å². The Morgan fingerprint density at radius 3 is 1.69 bits per heavy atom. The molecule has 0 heterocycles. The van der Waals surface area contributed by atoms with Crippen molar-refractivity contribution in [2.75, 3.05) is 5.88 Å². The topological polar surface area (TPSA) is 0 Å². The molecule has 0 nitrogen and oxygen atoms in total. The van der Waals surface area contributed by atoms with Gasteiger partial charge in [-0.25, -0.2) is 0 Å². The summed E-state index contributed by atoms with van der Waals surface area (Å²) in [6.45, 7) is 13.7. The summed E-state index contributed by atoms with van der Waals surface area (Å²) < 4.78 is 0. The predicted octanol–water partition coefficient (Wildman–Crippen LogP) is 4.71. The van der Waals surface area contributed by atoms with Crippen molar-refractivity contribution >= 4 is 11.6 Å². The molecule has 80 valence electrons. The van der Waals surface area contributed by atoms with Gasteiger partial charge in [0.25, 0.3) is 0 Å². The normalized spacial score (nSPS) is 17.5. The zero-order chi connectivity index (χ0) is 10.7. The number of hydrogen-bond donors (Lipinski definition) is 0. The summed E-state index contributed by atoms with van der Waals surface area (Å²) in [6.07, 6.45) is 2.49. The van der Waals surface area contributed by atoms with Gasteiger partial charge in [-0.2, -0.15) is 0 Å². The Morgan fingerprint density at radius 2 is 1.46 bits per heavy atom. The number of alkyl halides is 1. The lowest BCUT2D eigenvalue weighted by Crippen LogP contribution is -2.27. The molecule has 0 bridgehead atoms. The molecular formula is C12H25Cl. The van der Waals surface area contributed by atoms with Crippen LogP contribution in [0.1, 0.15) is 54.4 Å². The zero-order valence-electron chi connectivity index (χ0n) is 10.1. The molecule has 0 aliphatic rings. The molecule has 0 saturated heterocycles. The van der Waals surface area contributed by atoms with Gasteiger partial charge in [0.1, 0.15) is 0 Å². The number of hydrogen-bond acceptors (Lipinski definition) is 0. The molecule has 0 fully saturated rings. The first kappa shape index (κ1) is 13.3. The Hall–Kier alpha value is 0.290. The largest absolute Gasteiger partial charge is 0.126 e. The van der Waals surface area contributed by atoms with Gasteiger partial charge in [-0.05, 0) is 29.6 Å². The minimum atomic E-state index is 0.314. The van der Waals surface area contributed by atoms with Gasteiger partial charge in [0, 0.05) is 5.88 Å². The maximum Gasteiger partial charge on any atom is 0.0279 e. The predicted molar refractivity (Wildman–Crippen MR) is 62.4 cm³/mol. The van der Waals surface area contributed by atoms with E-state index in [1.165, 1.54) is 12.8 Å². The van der Waals surface area contributed by atoms with Crippen molar-refractivity contribution in [1.82, 2.24) is 0 Å². The first-order valence-electron chi connectivity index (χ1n) is 5.27. The minimum absolute atomic E-state index is 0.314. The van der Waals surface area contributed by atoms with E-state index in [4.69, 9.17) is 11.6 Å². The van der Waals surface area contributed by atoms with Gasteiger partial charge in [-0.1, -0.05) is 41.5 Å². The van der Waals surface area contributed by atoms with Gasteiger partial charge in [0.05, 0.1) is 0 Å². The molecule has 0 amide bonds. The summed E-state index contributed by atoms with van der Waals surface area (Å²) in [5.41, 5.74) is 0.747. The summed E-state index contributed by atoms with van der Waals surface area (Å²) >= 11 is 6.03. The molecule has 0 aliphatic carbocycles. The highest BCUT2D eigenvalue weighted by Crippen LogP contribution is 2.37. The maximum absolute atomic E-state index is 6.03. The first-order valence-corrected chi connectivity index (χ1v) is 5.81. The summed E-state index contributed by atoms with van der Waals surface area (Å²) in [5, 5.41) is 0. The van der Waals surface area contributed by atoms with Crippen LogP contribution in [-0.4, -0.2) is 5.88 Å². The van der Waals surface area contributed by atoms with E-state index in [2.05, 4.69) is 41.5 Å². The van der Waals surface area contributed by atoms with Gasteiger partial charge >= 0.3 is 0 Å². The van der Waals surface area contributed by atoms with Crippen LogP contribution in [-0.2, 0) is 0 Å². The van der Waals surface area contributed by atoms with Crippen LogP contribution >= 0.6 is 11.6 Å². The molecule has 0 saturated carbocycles. The number of halogens is 1. The van der Waals surface area contributed by atoms with Gasteiger partial charge in [0.2, 0.25) is 0 Å². The van der Waals surface area contributed by atoms with Gasteiger partial charge in [0.15, 0.2) is 0 Å². The van der Waals surface area contributed by atoms with Crippen molar-refractivity contribution < 1.29 is 0 Å². The Labute approximate surface area is 89.1 Å². The van der Waals surface area contributed by atoms with Crippen molar-refractivity contribution in [2.24, 2.45) is 16.7 Å². The quantitative estimate of drug-likeness (QED) is 0.582. The second-order valence-electron chi connectivity index (χ2n) is 6.00.